The molecule has 3 N–H and O–H groups in total. The molecule has 3 heterocycles. The highest BCUT2D eigenvalue weighted by Crippen LogP contribution is 2.41. The first-order chi connectivity index (χ1) is 13.0. The molecule has 0 amide bonds. The lowest BCUT2D eigenvalue weighted by molar-refractivity contribution is 0.205. The van der Waals surface area contributed by atoms with Crippen LogP contribution in [0, 0.1) is 11.3 Å². The number of aromatic nitrogens is 2. The number of hydrogen-bond acceptors (Lipinski definition) is 8. The van der Waals surface area contributed by atoms with Crippen molar-refractivity contribution in [3.8, 4) is 11.5 Å². The third kappa shape index (κ3) is 4.12. The maximum atomic E-state index is 6.27. The van der Waals surface area contributed by atoms with Gasteiger partial charge in [-0.05, 0) is 26.1 Å². The zero-order valence-electron chi connectivity index (χ0n) is 17.3. The summed E-state index contributed by atoms with van der Waals surface area (Å²) in [6, 6.07) is 3.70. The van der Waals surface area contributed by atoms with Crippen LogP contribution in [-0.2, 0) is 0 Å². The highest BCUT2D eigenvalue weighted by molar-refractivity contribution is 5.91. The average Bonchev–Trinajstić information content (AvgIpc) is 3.16. The molecule has 10 heteroatoms. The summed E-state index contributed by atoms with van der Waals surface area (Å²) in [5.41, 5.74) is 7.28. The van der Waals surface area contributed by atoms with Gasteiger partial charge < -0.3 is 30.3 Å². The second-order valence-electron chi connectivity index (χ2n) is 7.94. The zero-order chi connectivity index (χ0) is 19.2. The van der Waals surface area contributed by atoms with Crippen LogP contribution in [-0.4, -0.2) is 75.9 Å². The van der Waals surface area contributed by atoms with E-state index in [0.717, 1.165) is 43.6 Å². The maximum absolute atomic E-state index is 6.27. The number of fused-ring (bicyclic) bond motifs is 2. The summed E-state index contributed by atoms with van der Waals surface area (Å²) in [5, 5.41) is 4.34. The Hall–Kier alpha value is -1.74. The van der Waals surface area contributed by atoms with Crippen LogP contribution in [0.4, 0.5) is 11.8 Å². The normalized spacial score (nSPS) is 22.9. The van der Waals surface area contributed by atoms with E-state index in [-0.39, 0.29) is 30.2 Å². The van der Waals surface area contributed by atoms with Crippen LogP contribution in [0.2, 0.25) is 0 Å². The average molecular weight is 445 g/mol. The van der Waals surface area contributed by atoms with Gasteiger partial charge in [0, 0.05) is 49.6 Å². The fourth-order valence-electron chi connectivity index (χ4n) is 4.64. The van der Waals surface area contributed by atoms with Gasteiger partial charge in [-0.2, -0.15) is 4.98 Å². The molecule has 2 aromatic rings. The summed E-state index contributed by atoms with van der Waals surface area (Å²) in [5.74, 6) is 3.01. The van der Waals surface area contributed by atoms with Crippen molar-refractivity contribution in [2.45, 2.75) is 0 Å². The molecular weight excluding hydrogens is 415 g/mol. The fraction of sp³-hybridized carbons (Fsp3) is 0.579. The molecule has 29 heavy (non-hydrogen) atoms. The van der Waals surface area contributed by atoms with Gasteiger partial charge in [0.05, 0.1) is 19.7 Å². The molecule has 1 aromatic heterocycles. The highest BCUT2D eigenvalue weighted by Gasteiger charge is 2.50. The minimum Gasteiger partial charge on any atom is -0.493 e. The lowest BCUT2D eigenvalue weighted by Gasteiger charge is -2.31. The van der Waals surface area contributed by atoms with Crippen molar-refractivity contribution in [1.82, 2.24) is 20.2 Å². The molecule has 0 spiro atoms. The third-order valence-corrected chi connectivity index (χ3v) is 5.81. The van der Waals surface area contributed by atoms with Crippen LogP contribution in [0.15, 0.2) is 12.1 Å². The Morgan fingerprint density at radius 3 is 2.55 bits per heavy atom. The first kappa shape index (κ1) is 23.5. The molecule has 1 aromatic carbocycles. The van der Waals surface area contributed by atoms with Gasteiger partial charge in [0.1, 0.15) is 5.82 Å². The van der Waals surface area contributed by atoms with Crippen molar-refractivity contribution in [3.05, 3.63) is 12.1 Å². The summed E-state index contributed by atoms with van der Waals surface area (Å²) >= 11 is 0. The Kier molecular flexibility index (Phi) is 7.27. The van der Waals surface area contributed by atoms with Crippen LogP contribution in [0.25, 0.3) is 10.9 Å². The van der Waals surface area contributed by atoms with E-state index in [9.17, 15) is 0 Å². The second-order valence-corrected chi connectivity index (χ2v) is 7.94. The summed E-state index contributed by atoms with van der Waals surface area (Å²) < 4.78 is 10.8. The molecule has 0 radical (unpaired) electrons. The summed E-state index contributed by atoms with van der Waals surface area (Å²) in [6.07, 6.45) is 0. The van der Waals surface area contributed by atoms with Gasteiger partial charge in [-0.15, -0.1) is 24.8 Å². The van der Waals surface area contributed by atoms with E-state index in [4.69, 9.17) is 20.2 Å². The number of rotatable bonds is 5. The van der Waals surface area contributed by atoms with Crippen molar-refractivity contribution in [2.24, 2.45) is 11.3 Å². The number of hydrogen-bond donors (Lipinski definition) is 2. The van der Waals surface area contributed by atoms with Crippen LogP contribution in [0.5, 0.6) is 11.5 Å². The Bertz CT molecular complexity index is 868. The van der Waals surface area contributed by atoms with E-state index >= 15 is 0 Å². The molecular formula is C19H30Cl2N6O2. The Morgan fingerprint density at radius 1 is 1.21 bits per heavy atom. The van der Waals surface area contributed by atoms with E-state index in [1.807, 2.05) is 12.1 Å². The Labute approximate surface area is 183 Å². The van der Waals surface area contributed by atoms with Gasteiger partial charge in [-0.1, -0.05) is 0 Å². The van der Waals surface area contributed by atoms with E-state index in [2.05, 4.69) is 34.2 Å². The zero-order valence-corrected chi connectivity index (χ0v) is 18.9. The number of nitrogens with zero attached hydrogens (tertiary/aromatic N) is 4. The van der Waals surface area contributed by atoms with Gasteiger partial charge in [-0.25, -0.2) is 4.98 Å². The van der Waals surface area contributed by atoms with E-state index in [0.29, 0.717) is 29.2 Å². The lowest BCUT2D eigenvalue weighted by Crippen LogP contribution is -2.41. The fourth-order valence-corrected chi connectivity index (χ4v) is 4.64. The molecule has 2 aliphatic rings. The van der Waals surface area contributed by atoms with Crippen LogP contribution in [0.1, 0.15) is 0 Å². The van der Waals surface area contributed by atoms with E-state index in [1.54, 1.807) is 14.2 Å². The SMILES string of the molecule is COc1cc2nc(N3CC4CNCC4(CN(C)C)C3)nc(N)c2cc1OC.Cl.Cl. The minimum absolute atomic E-state index is 0. The van der Waals surface area contributed by atoms with Gasteiger partial charge in [-0.3, -0.25) is 0 Å². The summed E-state index contributed by atoms with van der Waals surface area (Å²) in [7, 11) is 7.50. The van der Waals surface area contributed by atoms with Crippen molar-refractivity contribution in [2.75, 3.05) is 71.7 Å². The number of nitrogens with one attached hydrogen (secondary N) is 1. The topological polar surface area (TPSA) is 88.8 Å². The quantitative estimate of drug-likeness (QED) is 0.719. The minimum atomic E-state index is 0. The largest absolute Gasteiger partial charge is 0.493 e. The first-order valence-electron chi connectivity index (χ1n) is 9.25. The standard InChI is InChI=1S/C19H28N6O2.2ClH/c1-24(2)10-19-9-21-7-12(19)8-25(11-19)18-22-14-6-16(27-4)15(26-3)5-13(14)17(20)23-18;;/h5-6,12,21H,7-11H2,1-4H3,(H2,20,22,23);2*1H. The molecule has 2 atom stereocenters. The molecule has 0 bridgehead atoms. The number of nitrogen functional groups attached to an aromatic ring is 1. The number of anilines is 2. The first-order valence-corrected chi connectivity index (χ1v) is 9.25. The molecule has 8 nitrogen and oxygen atoms in total. The predicted molar refractivity (Wildman–Crippen MR) is 121 cm³/mol. The molecule has 2 saturated heterocycles. The molecule has 0 saturated carbocycles. The smallest absolute Gasteiger partial charge is 0.227 e. The molecule has 0 aliphatic carbocycles. The second kappa shape index (κ2) is 8.95. The van der Waals surface area contributed by atoms with Crippen molar-refractivity contribution in [3.63, 3.8) is 0 Å². The summed E-state index contributed by atoms with van der Waals surface area (Å²) in [4.78, 5) is 14.0. The Balaban J connectivity index is 0.00000150. The third-order valence-electron chi connectivity index (χ3n) is 5.81. The lowest BCUT2D eigenvalue weighted by atomic mass is 9.80. The highest BCUT2D eigenvalue weighted by atomic mass is 35.5. The van der Waals surface area contributed by atoms with E-state index < -0.39 is 0 Å². The molecule has 162 valence electrons. The number of methoxy groups -OCH3 is 2. The van der Waals surface area contributed by atoms with Gasteiger partial charge >= 0.3 is 0 Å². The number of halogens is 2. The van der Waals surface area contributed by atoms with Gasteiger partial charge in [0.15, 0.2) is 11.5 Å². The number of nitrogens with two attached hydrogens (primary N) is 1. The predicted octanol–water partition coefficient (Wildman–Crippen LogP) is 1.66. The van der Waals surface area contributed by atoms with Crippen LogP contribution >= 0.6 is 24.8 Å². The number of benzene rings is 1. The van der Waals surface area contributed by atoms with Crippen molar-refractivity contribution < 1.29 is 9.47 Å². The number of ether oxygens (including phenoxy) is 2. The molecule has 2 unspecified atom stereocenters. The molecule has 2 fully saturated rings. The molecule has 2 aliphatic heterocycles. The molecule has 4 rings (SSSR count). The maximum Gasteiger partial charge on any atom is 0.227 e. The van der Waals surface area contributed by atoms with E-state index in [1.165, 1.54) is 0 Å². The van der Waals surface area contributed by atoms with Crippen molar-refractivity contribution in [1.29, 1.82) is 0 Å². The van der Waals surface area contributed by atoms with Gasteiger partial charge in [0.25, 0.3) is 0 Å². The monoisotopic (exact) mass is 444 g/mol. The van der Waals surface area contributed by atoms with Gasteiger partial charge in [0.2, 0.25) is 5.95 Å². The summed E-state index contributed by atoms with van der Waals surface area (Å²) in [6.45, 7) is 4.99. The van der Waals surface area contributed by atoms with Crippen LogP contribution < -0.4 is 25.4 Å². The van der Waals surface area contributed by atoms with Crippen LogP contribution in [0.3, 0.4) is 0 Å². The Morgan fingerprint density at radius 2 is 1.90 bits per heavy atom. The van der Waals surface area contributed by atoms with Crippen molar-refractivity contribution >= 4 is 47.5 Å².